The molecule has 52 heavy (non-hydrogen) atoms. The van der Waals surface area contributed by atoms with Crippen molar-refractivity contribution < 1.29 is 0 Å². The zero-order chi connectivity index (χ0) is 37.6. The molecule has 0 N–H and O–H groups in total. The Morgan fingerprint density at radius 3 is 0.808 bits per heavy atom. The van der Waals surface area contributed by atoms with Crippen molar-refractivity contribution in [2.45, 2.75) is 61.3 Å². The van der Waals surface area contributed by atoms with Gasteiger partial charge in [-0.25, -0.2) is 0 Å². The molecule has 0 saturated carbocycles. The summed E-state index contributed by atoms with van der Waals surface area (Å²) in [6.45, 7) is 16.0. The van der Waals surface area contributed by atoms with Crippen LogP contribution in [0.15, 0.2) is 194 Å². The fourth-order valence-corrected chi connectivity index (χ4v) is 6.00. The third kappa shape index (κ3) is 10.7. The van der Waals surface area contributed by atoms with Gasteiger partial charge in [-0.1, -0.05) is 213 Å². The predicted molar refractivity (Wildman–Crippen MR) is 231 cm³/mol. The molecule has 0 aromatic heterocycles. The van der Waals surface area contributed by atoms with Gasteiger partial charge >= 0.3 is 0 Å². The van der Waals surface area contributed by atoms with Gasteiger partial charge in [0, 0.05) is 23.0 Å². The molecule has 0 unspecified atom stereocenters. The molecule has 0 bridgehead atoms. The van der Waals surface area contributed by atoms with Crippen LogP contribution in [0.5, 0.6) is 0 Å². The van der Waals surface area contributed by atoms with Crippen LogP contribution in [0.25, 0.3) is 22.3 Å². The van der Waals surface area contributed by atoms with Crippen LogP contribution in [-0.4, -0.2) is 0 Å². The lowest BCUT2D eigenvalue weighted by molar-refractivity contribution is 0.978. The molecule has 0 saturated heterocycles. The van der Waals surface area contributed by atoms with Crippen molar-refractivity contribution in [3.8, 4) is 22.3 Å². The molecule has 0 amide bonds. The Morgan fingerprint density at radius 1 is 0.250 bits per heavy atom. The summed E-state index contributed by atoms with van der Waals surface area (Å²) in [6.07, 6.45) is 0. The molecule has 0 spiro atoms. The minimum absolute atomic E-state index is 0.205. The van der Waals surface area contributed by atoms with E-state index < -0.39 is 0 Å². The molecule has 1 nitrogen and oxygen atoms in total. The largest absolute Gasteiger partial charge is 0.311 e. The highest BCUT2D eigenvalue weighted by Gasteiger charge is 2.16. The maximum atomic E-state index is 2.29. The van der Waals surface area contributed by atoms with Gasteiger partial charge < -0.3 is 4.90 Å². The minimum atomic E-state index is 0.205. The second kappa shape index (κ2) is 22.9. The molecular weight excluding hydrogens is 627 g/mol. The summed E-state index contributed by atoms with van der Waals surface area (Å²) in [7, 11) is 0. The van der Waals surface area contributed by atoms with E-state index in [1.165, 1.54) is 38.9 Å². The van der Waals surface area contributed by atoms with Gasteiger partial charge in [0.2, 0.25) is 0 Å². The van der Waals surface area contributed by atoms with Gasteiger partial charge in [-0.2, -0.15) is 0 Å². The first-order valence-electron chi connectivity index (χ1n) is 19.1. The zero-order valence-electron chi connectivity index (χ0n) is 32.5. The summed E-state index contributed by atoms with van der Waals surface area (Å²) in [6, 6.07) is 69.4. The maximum Gasteiger partial charge on any atom is 0.0462 e. The number of anilines is 3. The van der Waals surface area contributed by atoms with E-state index in [1.54, 1.807) is 0 Å². The summed E-state index contributed by atoms with van der Waals surface area (Å²) in [5.74, 6) is 0.205. The molecule has 0 heterocycles. The summed E-state index contributed by atoms with van der Waals surface area (Å²) < 4.78 is 0. The summed E-state index contributed by atoms with van der Waals surface area (Å²) in [5.41, 5.74) is 12.1. The fraction of sp³-hybridized carbons (Fsp3) is 0.176. The third-order valence-corrected chi connectivity index (χ3v) is 8.22. The average molecular weight is 684 g/mol. The third-order valence-electron chi connectivity index (χ3n) is 8.22. The van der Waals surface area contributed by atoms with Crippen molar-refractivity contribution in [1.82, 2.24) is 0 Å². The van der Waals surface area contributed by atoms with Gasteiger partial charge in [0.15, 0.2) is 0 Å². The Morgan fingerprint density at radius 2 is 0.481 bits per heavy atom. The van der Waals surface area contributed by atoms with Crippen molar-refractivity contribution in [2.75, 3.05) is 4.90 Å². The SMILES string of the molecule is CC.CC.CC.CC.c1ccc(C(c2ccccc2)c2ccc(-c3ccc(-c4ccc(N(c5ccccc5)c5ccccc5)cc4)cc3)cc2)cc1. The number of benzene rings is 7. The highest BCUT2D eigenvalue weighted by molar-refractivity contribution is 5.78. The highest BCUT2D eigenvalue weighted by Crippen LogP contribution is 2.36. The van der Waals surface area contributed by atoms with E-state index in [9.17, 15) is 0 Å². The van der Waals surface area contributed by atoms with E-state index in [4.69, 9.17) is 0 Å². The number of hydrogen-bond donors (Lipinski definition) is 0. The molecule has 0 aliphatic carbocycles. The number of hydrogen-bond acceptors (Lipinski definition) is 1. The molecule has 7 aromatic carbocycles. The van der Waals surface area contributed by atoms with Crippen molar-refractivity contribution in [2.24, 2.45) is 0 Å². The number of nitrogens with zero attached hydrogens (tertiary/aromatic N) is 1. The van der Waals surface area contributed by atoms with Gasteiger partial charge in [-0.15, -0.1) is 0 Å². The molecule has 0 aliphatic rings. The molecule has 7 rings (SSSR count). The van der Waals surface area contributed by atoms with E-state index in [2.05, 4.69) is 199 Å². The highest BCUT2D eigenvalue weighted by atomic mass is 15.1. The monoisotopic (exact) mass is 683 g/mol. The normalized spacial score (nSPS) is 9.71. The number of rotatable bonds is 8. The minimum Gasteiger partial charge on any atom is -0.311 e. The van der Waals surface area contributed by atoms with Crippen LogP contribution in [0, 0.1) is 0 Å². The zero-order valence-corrected chi connectivity index (χ0v) is 32.5. The standard InChI is InChI=1S/C43H33N.4C2H6/c1-5-13-37(14-6-1)43(38-15-7-2-8-16-38)39-27-25-35(26-28-39)33-21-23-34(24-22-33)36-29-31-42(32-30-36)44(40-17-9-3-10-18-40)41-19-11-4-12-20-41;4*1-2/h1-32,43H;4*1-2H3. The van der Waals surface area contributed by atoms with Crippen molar-refractivity contribution >= 4 is 17.1 Å². The quantitative estimate of drug-likeness (QED) is 0.144. The van der Waals surface area contributed by atoms with Crippen LogP contribution < -0.4 is 4.90 Å². The van der Waals surface area contributed by atoms with E-state index in [0.29, 0.717) is 0 Å². The Labute approximate surface area is 315 Å². The lowest BCUT2D eigenvalue weighted by Gasteiger charge is -2.25. The Hall–Kier alpha value is -5.66. The molecule has 7 aromatic rings. The second-order valence-corrected chi connectivity index (χ2v) is 11.0. The van der Waals surface area contributed by atoms with E-state index in [-0.39, 0.29) is 5.92 Å². The molecule has 0 radical (unpaired) electrons. The fourth-order valence-electron chi connectivity index (χ4n) is 6.00. The maximum absolute atomic E-state index is 2.29. The molecule has 266 valence electrons. The first kappa shape index (κ1) is 40.8. The first-order valence-corrected chi connectivity index (χ1v) is 19.1. The van der Waals surface area contributed by atoms with Gasteiger partial charge in [0.25, 0.3) is 0 Å². The lowest BCUT2D eigenvalue weighted by Crippen LogP contribution is -2.09. The van der Waals surface area contributed by atoms with Crippen LogP contribution in [-0.2, 0) is 0 Å². The van der Waals surface area contributed by atoms with Crippen LogP contribution in [0.1, 0.15) is 78.0 Å². The summed E-state index contributed by atoms with van der Waals surface area (Å²) in [4.78, 5) is 2.29. The van der Waals surface area contributed by atoms with Crippen LogP contribution in [0.4, 0.5) is 17.1 Å². The van der Waals surface area contributed by atoms with Gasteiger partial charge in [0.1, 0.15) is 0 Å². The predicted octanol–water partition coefficient (Wildman–Crippen LogP) is 15.8. The van der Waals surface area contributed by atoms with Crippen LogP contribution in [0.3, 0.4) is 0 Å². The van der Waals surface area contributed by atoms with Crippen molar-refractivity contribution in [3.63, 3.8) is 0 Å². The Bertz CT molecular complexity index is 1670. The van der Waals surface area contributed by atoms with Gasteiger partial charge in [-0.05, 0) is 75.3 Å². The summed E-state index contributed by atoms with van der Waals surface area (Å²) in [5, 5.41) is 0. The first-order chi connectivity index (χ1) is 25.8. The molecule has 0 atom stereocenters. The Kier molecular flexibility index (Phi) is 18.0. The van der Waals surface area contributed by atoms with Crippen molar-refractivity contribution in [1.29, 1.82) is 0 Å². The molecule has 0 aliphatic heterocycles. The van der Waals surface area contributed by atoms with Gasteiger partial charge in [0.05, 0.1) is 0 Å². The molecular formula is C51H57N. The smallest absolute Gasteiger partial charge is 0.0462 e. The molecule has 0 fully saturated rings. The second-order valence-electron chi connectivity index (χ2n) is 11.0. The average Bonchev–Trinajstić information content (AvgIpc) is 3.26. The summed E-state index contributed by atoms with van der Waals surface area (Å²) >= 11 is 0. The Balaban J connectivity index is 0.000000855. The number of para-hydroxylation sites is 2. The topological polar surface area (TPSA) is 3.24 Å². The van der Waals surface area contributed by atoms with Crippen LogP contribution in [0.2, 0.25) is 0 Å². The lowest BCUT2D eigenvalue weighted by atomic mass is 9.84. The van der Waals surface area contributed by atoms with Crippen LogP contribution >= 0.6 is 0 Å². The van der Waals surface area contributed by atoms with E-state index >= 15 is 0 Å². The van der Waals surface area contributed by atoms with Crippen molar-refractivity contribution in [3.05, 3.63) is 211 Å². The van der Waals surface area contributed by atoms with E-state index in [1.807, 2.05) is 55.4 Å². The van der Waals surface area contributed by atoms with E-state index in [0.717, 1.165) is 17.1 Å². The molecule has 1 heteroatoms. The van der Waals surface area contributed by atoms with Gasteiger partial charge in [-0.3, -0.25) is 0 Å².